The highest BCUT2D eigenvalue weighted by Crippen LogP contribution is 2.21. The molecule has 0 aliphatic carbocycles. The molecule has 4 rings (SSSR count). The number of anilines is 1. The fraction of sp³-hybridized carbons (Fsp3) is 0.308. The number of rotatable bonds is 2. The van der Waals surface area contributed by atoms with Crippen molar-refractivity contribution >= 4 is 17.1 Å². The Morgan fingerprint density at radius 1 is 1.32 bits per heavy atom. The van der Waals surface area contributed by atoms with Crippen molar-refractivity contribution in [1.29, 1.82) is 0 Å². The van der Waals surface area contributed by atoms with Gasteiger partial charge in [0.1, 0.15) is 17.7 Å². The van der Waals surface area contributed by atoms with Crippen LogP contribution in [0.3, 0.4) is 0 Å². The van der Waals surface area contributed by atoms with Gasteiger partial charge in [-0.15, -0.1) is 0 Å². The van der Waals surface area contributed by atoms with Crippen molar-refractivity contribution in [3.8, 4) is 0 Å². The summed E-state index contributed by atoms with van der Waals surface area (Å²) in [6.07, 6.45) is 3.55. The molecule has 3 heterocycles. The maximum absolute atomic E-state index is 5.67. The van der Waals surface area contributed by atoms with E-state index in [4.69, 9.17) is 4.42 Å². The second-order valence-electron chi connectivity index (χ2n) is 4.73. The number of fused-ring (bicyclic) bond motifs is 2. The number of hydrogen-bond acceptors (Lipinski definition) is 5. The van der Waals surface area contributed by atoms with Crippen LogP contribution in [0.25, 0.3) is 11.1 Å². The van der Waals surface area contributed by atoms with E-state index in [1.807, 2.05) is 28.9 Å². The quantitative estimate of drug-likeness (QED) is 0.756. The Morgan fingerprint density at radius 2 is 2.26 bits per heavy atom. The lowest BCUT2D eigenvalue weighted by Gasteiger charge is -2.22. The van der Waals surface area contributed by atoms with E-state index in [1.54, 1.807) is 6.33 Å². The van der Waals surface area contributed by atoms with Crippen LogP contribution in [0.15, 0.2) is 35.0 Å². The summed E-state index contributed by atoms with van der Waals surface area (Å²) in [5.41, 5.74) is 1.68. The Labute approximate surface area is 109 Å². The molecule has 6 heteroatoms. The molecule has 2 aromatic heterocycles. The van der Waals surface area contributed by atoms with Crippen molar-refractivity contribution in [2.24, 2.45) is 0 Å². The predicted molar refractivity (Wildman–Crippen MR) is 69.8 cm³/mol. The fourth-order valence-corrected chi connectivity index (χ4v) is 2.46. The summed E-state index contributed by atoms with van der Waals surface area (Å²) in [5.74, 6) is 1.05. The van der Waals surface area contributed by atoms with Gasteiger partial charge < -0.3 is 9.73 Å². The monoisotopic (exact) mass is 255 g/mol. The van der Waals surface area contributed by atoms with Crippen LogP contribution in [0.4, 0.5) is 6.01 Å². The molecule has 1 aliphatic rings. The molecule has 0 spiro atoms. The van der Waals surface area contributed by atoms with Crippen LogP contribution in [0, 0.1) is 0 Å². The highest BCUT2D eigenvalue weighted by molar-refractivity contribution is 5.74. The molecule has 1 aromatic carbocycles. The van der Waals surface area contributed by atoms with Crippen molar-refractivity contribution in [1.82, 2.24) is 19.7 Å². The van der Waals surface area contributed by atoms with Gasteiger partial charge in [-0.2, -0.15) is 10.1 Å². The van der Waals surface area contributed by atoms with Crippen molar-refractivity contribution in [2.45, 2.75) is 25.4 Å². The van der Waals surface area contributed by atoms with Gasteiger partial charge in [-0.1, -0.05) is 12.1 Å². The van der Waals surface area contributed by atoms with Crippen LogP contribution in [0.5, 0.6) is 0 Å². The first-order valence-electron chi connectivity index (χ1n) is 6.37. The zero-order valence-electron chi connectivity index (χ0n) is 10.3. The zero-order valence-corrected chi connectivity index (χ0v) is 10.3. The Kier molecular flexibility index (Phi) is 2.26. The summed E-state index contributed by atoms with van der Waals surface area (Å²) < 4.78 is 7.61. The first-order chi connectivity index (χ1) is 9.38. The molecule has 1 aliphatic heterocycles. The second kappa shape index (κ2) is 4.08. The molecule has 0 unspecified atom stereocenters. The van der Waals surface area contributed by atoms with Gasteiger partial charge in [-0.25, -0.2) is 9.67 Å². The summed E-state index contributed by atoms with van der Waals surface area (Å²) in [5, 5.41) is 7.54. The smallest absolute Gasteiger partial charge is 0.295 e. The van der Waals surface area contributed by atoms with Crippen LogP contribution in [-0.2, 0) is 13.0 Å². The first kappa shape index (κ1) is 10.5. The lowest BCUT2D eigenvalue weighted by Crippen LogP contribution is -2.32. The molecule has 6 nitrogen and oxygen atoms in total. The molecule has 19 heavy (non-hydrogen) atoms. The van der Waals surface area contributed by atoms with E-state index in [2.05, 4.69) is 20.4 Å². The van der Waals surface area contributed by atoms with Gasteiger partial charge in [0.25, 0.3) is 6.01 Å². The lowest BCUT2D eigenvalue weighted by atomic mass is 10.1. The summed E-state index contributed by atoms with van der Waals surface area (Å²) >= 11 is 0. The predicted octanol–water partition coefficient (Wildman–Crippen LogP) is 1.85. The Bertz CT molecular complexity index is 683. The van der Waals surface area contributed by atoms with Crippen LogP contribution >= 0.6 is 0 Å². The van der Waals surface area contributed by atoms with E-state index in [0.29, 0.717) is 6.01 Å². The van der Waals surface area contributed by atoms with Gasteiger partial charge >= 0.3 is 0 Å². The van der Waals surface area contributed by atoms with Crippen molar-refractivity contribution in [2.75, 3.05) is 5.32 Å². The lowest BCUT2D eigenvalue weighted by molar-refractivity contribution is 0.432. The minimum atomic E-state index is 0.280. The van der Waals surface area contributed by atoms with E-state index >= 15 is 0 Å². The molecular formula is C13H13N5O. The molecule has 0 bridgehead atoms. The Balaban J connectivity index is 1.55. The number of aromatic nitrogens is 4. The average molecular weight is 255 g/mol. The van der Waals surface area contributed by atoms with Crippen molar-refractivity contribution < 1.29 is 4.42 Å². The Morgan fingerprint density at radius 3 is 3.21 bits per heavy atom. The van der Waals surface area contributed by atoms with E-state index < -0.39 is 0 Å². The van der Waals surface area contributed by atoms with Gasteiger partial charge in [0.15, 0.2) is 5.58 Å². The average Bonchev–Trinajstić information content (AvgIpc) is 3.03. The van der Waals surface area contributed by atoms with Crippen LogP contribution in [0.2, 0.25) is 0 Å². The number of hydrogen-bond donors (Lipinski definition) is 1. The van der Waals surface area contributed by atoms with Gasteiger partial charge in [0, 0.05) is 6.42 Å². The number of oxazole rings is 1. The highest BCUT2D eigenvalue weighted by atomic mass is 16.4. The molecule has 0 saturated carbocycles. The van der Waals surface area contributed by atoms with Crippen LogP contribution in [-0.4, -0.2) is 25.8 Å². The van der Waals surface area contributed by atoms with Crippen LogP contribution < -0.4 is 5.32 Å². The summed E-state index contributed by atoms with van der Waals surface area (Å²) in [6, 6.07) is 8.62. The van der Waals surface area contributed by atoms with E-state index in [0.717, 1.165) is 36.3 Å². The minimum absolute atomic E-state index is 0.280. The van der Waals surface area contributed by atoms with E-state index in [1.165, 1.54) is 0 Å². The minimum Gasteiger partial charge on any atom is -0.424 e. The van der Waals surface area contributed by atoms with Gasteiger partial charge in [0.05, 0.1) is 12.6 Å². The zero-order chi connectivity index (χ0) is 12.7. The van der Waals surface area contributed by atoms with Gasteiger partial charge in [-0.3, -0.25) is 0 Å². The third-order valence-electron chi connectivity index (χ3n) is 3.43. The molecule has 3 aromatic rings. The number of nitrogens with one attached hydrogen (secondary N) is 1. The fourth-order valence-electron chi connectivity index (χ4n) is 2.46. The topological polar surface area (TPSA) is 68.8 Å². The van der Waals surface area contributed by atoms with Crippen molar-refractivity contribution in [3.63, 3.8) is 0 Å². The van der Waals surface area contributed by atoms with E-state index in [9.17, 15) is 0 Å². The van der Waals surface area contributed by atoms with E-state index in [-0.39, 0.29) is 6.04 Å². The molecule has 0 amide bonds. The number of benzene rings is 1. The maximum Gasteiger partial charge on any atom is 0.295 e. The molecule has 96 valence electrons. The largest absolute Gasteiger partial charge is 0.424 e. The van der Waals surface area contributed by atoms with Gasteiger partial charge in [0.2, 0.25) is 0 Å². The number of nitrogens with zero attached hydrogens (tertiary/aromatic N) is 4. The second-order valence-corrected chi connectivity index (χ2v) is 4.73. The normalized spacial score (nSPS) is 18.4. The summed E-state index contributed by atoms with van der Waals surface area (Å²) in [7, 11) is 0. The molecule has 0 saturated heterocycles. The summed E-state index contributed by atoms with van der Waals surface area (Å²) in [4.78, 5) is 8.65. The van der Waals surface area contributed by atoms with Gasteiger partial charge in [-0.05, 0) is 18.6 Å². The Hall–Kier alpha value is -2.37. The molecule has 1 N–H and O–H groups in total. The maximum atomic E-state index is 5.67. The molecule has 0 fully saturated rings. The molecule has 1 atom stereocenters. The molecular weight excluding hydrogens is 242 g/mol. The highest BCUT2D eigenvalue weighted by Gasteiger charge is 2.21. The van der Waals surface area contributed by atoms with Crippen LogP contribution in [0.1, 0.15) is 12.2 Å². The number of para-hydroxylation sites is 2. The first-order valence-corrected chi connectivity index (χ1v) is 6.37. The standard InChI is InChI=1S/C13H13N5O/c1-2-4-11-10(3-1)17-13(19-11)16-9-5-6-12-14-8-15-18(12)7-9/h1-4,8-9H,5-7H2,(H,16,17)/t9-/m0/s1. The van der Waals surface area contributed by atoms with Crippen molar-refractivity contribution in [3.05, 3.63) is 36.4 Å². The molecule has 0 radical (unpaired) electrons. The SMILES string of the molecule is c1ccc2oc(N[C@H]3CCc4ncnn4C3)nc2c1. The summed E-state index contributed by atoms with van der Waals surface area (Å²) in [6.45, 7) is 0.800. The number of aryl methyl sites for hydroxylation is 1. The third kappa shape index (κ3) is 1.85. The third-order valence-corrected chi connectivity index (χ3v) is 3.43.